The largest absolute Gasteiger partial charge is 0.478 e. The van der Waals surface area contributed by atoms with Crippen LogP contribution in [-0.4, -0.2) is 40.2 Å². The topological polar surface area (TPSA) is 82.5 Å². The molecule has 1 unspecified atom stereocenters. The van der Waals surface area contributed by atoms with E-state index in [4.69, 9.17) is 10.2 Å². The third kappa shape index (κ3) is 3.43. The van der Waals surface area contributed by atoms with E-state index in [1.807, 2.05) is 0 Å². The van der Waals surface area contributed by atoms with Gasteiger partial charge in [-0.15, -0.1) is 0 Å². The average molecular weight is 232 g/mol. The second-order valence-electron chi connectivity index (χ2n) is 3.02. The van der Waals surface area contributed by atoms with Crippen LogP contribution in [0.4, 0.5) is 14.6 Å². The summed E-state index contributed by atoms with van der Waals surface area (Å²) in [7, 11) is 0. The van der Waals surface area contributed by atoms with Crippen molar-refractivity contribution in [2.45, 2.75) is 12.5 Å². The van der Waals surface area contributed by atoms with Gasteiger partial charge in [-0.2, -0.15) is 0 Å². The normalized spacial score (nSPS) is 12.5. The maximum atomic E-state index is 11.9. The van der Waals surface area contributed by atoms with E-state index >= 15 is 0 Å². The van der Waals surface area contributed by atoms with Crippen molar-refractivity contribution in [3.63, 3.8) is 0 Å². The quantitative estimate of drug-likeness (QED) is 0.700. The molecule has 3 N–H and O–H groups in total. The van der Waals surface area contributed by atoms with Gasteiger partial charge in [0.15, 0.2) is 0 Å². The first kappa shape index (κ1) is 12.3. The number of hydrogen-bond acceptors (Lipinski definition) is 4. The number of halogens is 2. The molecule has 0 saturated heterocycles. The number of aliphatic hydroxyl groups excluding tert-OH is 1. The van der Waals surface area contributed by atoms with E-state index in [1.165, 1.54) is 12.1 Å². The van der Waals surface area contributed by atoms with E-state index in [2.05, 4.69) is 10.3 Å². The third-order valence-corrected chi connectivity index (χ3v) is 1.79. The van der Waals surface area contributed by atoms with Crippen molar-refractivity contribution in [1.82, 2.24) is 4.98 Å². The van der Waals surface area contributed by atoms with Crippen LogP contribution in [0.1, 0.15) is 10.4 Å². The Morgan fingerprint density at radius 3 is 2.62 bits per heavy atom. The van der Waals surface area contributed by atoms with Crippen LogP contribution < -0.4 is 5.32 Å². The van der Waals surface area contributed by atoms with Crippen LogP contribution in [0.15, 0.2) is 18.3 Å². The van der Waals surface area contributed by atoms with Crippen molar-refractivity contribution in [3.05, 3.63) is 23.9 Å². The standard InChI is InChI=1S/C9H10F2N2O3/c10-8(11)6(14)4-13-7-2-1-5(3-12-7)9(15)16/h1-3,6,8,14H,4H2,(H,12,13)(H,15,16). The molecule has 88 valence electrons. The molecule has 1 aromatic heterocycles. The molecule has 0 aliphatic heterocycles. The van der Waals surface area contributed by atoms with Crippen LogP contribution in [0, 0.1) is 0 Å². The van der Waals surface area contributed by atoms with Gasteiger partial charge in [-0.25, -0.2) is 18.6 Å². The number of aromatic carboxylic acids is 1. The summed E-state index contributed by atoms with van der Waals surface area (Å²) in [5.74, 6) is -0.892. The van der Waals surface area contributed by atoms with Crippen molar-refractivity contribution in [1.29, 1.82) is 0 Å². The van der Waals surface area contributed by atoms with Crippen molar-refractivity contribution in [3.8, 4) is 0 Å². The molecule has 16 heavy (non-hydrogen) atoms. The first-order chi connectivity index (χ1) is 7.50. The summed E-state index contributed by atoms with van der Waals surface area (Å²) in [5.41, 5.74) is -0.0000388. The van der Waals surface area contributed by atoms with E-state index in [0.29, 0.717) is 0 Å². The minimum Gasteiger partial charge on any atom is -0.478 e. The minimum atomic E-state index is -2.83. The van der Waals surface area contributed by atoms with Gasteiger partial charge in [0.2, 0.25) is 0 Å². The van der Waals surface area contributed by atoms with Crippen LogP contribution in [-0.2, 0) is 0 Å². The lowest BCUT2D eigenvalue weighted by Gasteiger charge is -2.10. The van der Waals surface area contributed by atoms with Gasteiger partial charge >= 0.3 is 5.97 Å². The first-order valence-electron chi connectivity index (χ1n) is 4.40. The summed E-state index contributed by atoms with van der Waals surface area (Å²) in [6, 6.07) is 2.62. The summed E-state index contributed by atoms with van der Waals surface area (Å²) in [4.78, 5) is 14.2. The van der Waals surface area contributed by atoms with Crippen molar-refractivity contribution >= 4 is 11.8 Å². The number of aromatic nitrogens is 1. The highest BCUT2D eigenvalue weighted by molar-refractivity contribution is 5.87. The van der Waals surface area contributed by atoms with Crippen LogP contribution >= 0.6 is 0 Å². The molecule has 1 rings (SSSR count). The van der Waals surface area contributed by atoms with Gasteiger partial charge in [0.05, 0.1) is 5.56 Å². The summed E-state index contributed by atoms with van der Waals surface area (Å²) in [6.07, 6.45) is -3.51. The lowest BCUT2D eigenvalue weighted by atomic mass is 10.3. The molecule has 0 fully saturated rings. The van der Waals surface area contributed by atoms with Gasteiger partial charge in [0.25, 0.3) is 6.43 Å². The summed E-state index contributed by atoms with van der Waals surface area (Å²) >= 11 is 0. The van der Waals surface area contributed by atoms with Gasteiger partial charge in [0, 0.05) is 12.7 Å². The number of rotatable bonds is 5. The highest BCUT2D eigenvalue weighted by atomic mass is 19.3. The Morgan fingerprint density at radius 1 is 1.50 bits per heavy atom. The Labute approximate surface area is 89.7 Å². The number of carbonyl (C=O) groups is 1. The number of nitrogens with one attached hydrogen (secondary N) is 1. The van der Waals surface area contributed by atoms with Crippen molar-refractivity contribution in [2.75, 3.05) is 11.9 Å². The predicted molar refractivity (Wildman–Crippen MR) is 51.7 cm³/mol. The third-order valence-electron chi connectivity index (χ3n) is 1.79. The fourth-order valence-corrected chi connectivity index (χ4v) is 0.923. The zero-order chi connectivity index (χ0) is 12.1. The molecule has 0 saturated carbocycles. The number of carboxylic acid groups (broad SMARTS) is 1. The van der Waals surface area contributed by atoms with Crippen molar-refractivity contribution < 1.29 is 23.8 Å². The molecule has 0 aliphatic carbocycles. The molecule has 0 amide bonds. The molecule has 0 bridgehead atoms. The molecule has 0 aromatic carbocycles. The smallest absolute Gasteiger partial charge is 0.337 e. The zero-order valence-corrected chi connectivity index (χ0v) is 8.10. The fraction of sp³-hybridized carbons (Fsp3) is 0.333. The van der Waals surface area contributed by atoms with Gasteiger partial charge in [-0.3, -0.25) is 0 Å². The number of carboxylic acids is 1. The van der Waals surface area contributed by atoms with Gasteiger partial charge < -0.3 is 15.5 Å². The van der Waals surface area contributed by atoms with E-state index in [0.717, 1.165) is 6.20 Å². The molecular formula is C9H10F2N2O3. The molecule has 1 heterocycles. The molecular weight excluding hydrogens is 222 g/mol. The summed E-state index contributed by atoms with van der Waals surface area (Å²) < 4.78 is 23.8. The second kappa shape index (κ2) is 5.36. The number of anilines is 1. The van der Waals surface area contributed by atoms with Crippen LogP contribution in [0.3, 0.4) is 0 Å². The average Bonchev–Trinajstić information content (AvgIpc) is 2.26. The fourth-order valence-electron chi connectivity index (χ4n) is 0.923. The number of hydrogen-bond donors (Lipinski definition) is 3. The van der Waals surface area contributed by atoms with Crippen LogP contribution in [0.2, 0.25) is 0 Å². The number of alkyl halides is 2. The minimum absolute atomic E-state index is 0.0000388. The predicted octanol–water partition coefficient (Wildman–Crippen LogP) is 0.818. The van der Waals surface area contributed by atoms with Crippen LogP contribution in [0.5, 0.6) is 0 Å². The monoisotopic (exact) mass is 232 g/mol. The molecule has 7 heteroatoms. The SMILES string of the molecule is O=C(O)c1ccc(NCC(O)C(F)F)nc1. The molecule has 1 atom stereocenters. The van der Waals surface area contributed by atoms with Gasteiger partial charge in [-0.1, -0.05) is 0 Å². The summed E-state index contributed by atoms with van der Waals surface area (Å²) in [6.45, 7) is -0.350. The Kier molecular flexibility index (Phi) is 4.12. The highest BCUT2D eigenvalue weighted by Gasteiger charge is 2.16. The molecule has 0 radical (unpaired) electrons. The molecule has 0 aliphatic rings. The zero-order valence-electron chi connectivity index (χ0n) is 8.10. The number of nitrogens with zero attached hydrogens (tertiary/aromatic N) is 1. The Bertz CT molecular complexity index is 356. The lowest BCUT2D eigenvalue weighted by molar-refractivity contribution is 0.00381. The number of pyridine rings is 1. The van der Waals surface area contributed by atoms with Gasteiger partial charge in [0.1, 0.15) is 11.9 Å². The van der Waals surface area contributed by atoms with Crippen LogP contribution in [0.25, 0.3) is 0 Å². The maximum Gasteiger partial charge on any atom is 0.337 e. The second-order valence-corrected chi connectivity index (χ2v) is 3.02. The Hall–Kier alpha value is -1.76. The van der Waals surface area contributed by atoms with Gasteiger partial charge in [-0.05, 0) is 12.1 Å². The molecule has 5 nitrogen and oxygen atoms in total. The maximum absolute atomic E-state index is 11.9. The van der Waals surface area contributed by atoms with E-state index in [-0.39, 0.29) is 17.9 Å². The van der Waals surface area contributed by atoms with E-state index < -0.39 is 18.5 Å². The van der Waals surface area contributed by atoms with Crippen molar-refractivity contribution in [2.24, 2.45) is 0 Å². The van der Waals surface area contributed by atoms with E-state index in [9.17, 15) is 13.6 Å². The molecule has 0 spiro atoms. The first-order valence-corrected chi connectivity index (χ1v) is 4.40. The summed E-state index contributed by atoms with van der Waals surface area (Å²) in [5, 5.41) is 19.8. The van der Waals surface area contributed by atoms with E-state index in [1.54, 1.807) is 0 Å². The Morgan fingerprint density at radius 2 is 2.19 bits per heavy atom. The lowest BCUT2D eigenvalue weighted by Crippen LogP contribution is -2.27. The molecule has 1 aromatic rings. The highest BCUT2D eigenvalue weighted by Crippen LogP contribution is 2.06. The Balaban J connectivity index is 2.53. The number of aliphatic hydroxyl groups is 1.